The van der Waals surface area contributed by atoms with Crippen LogP contribution < -0.4 is 15.2 Å². The molecule has 0 aliphatic rings. The number of nitrogens with zero attached hydrogens (tertiary/aromatic N) is 2. The largest absolute Gasteiger partial charge is 0.348 e. The number of carbonyl (C=O) groups excluding carboxylic acids is 1. The SMILES string of the molecule is NS(=O)(=O)Nc1cccc(CNC(=O)c2cc(-c3cccnc3)nc3ccccc23)c1. The summed E-state index contributed by atoms with van der Waals surface area (Å²) in [6.45, 7) is 0.206. The van der Waals surface area contributed by atoms with Crippen molar-refractivity contribution in [2.75, 3.05) is 4.72 Å². The summed E-state index contributed by atoms with van der Waals surface area (Å²) < 4.78 is 24.7. The first-order chi connectivity index (χ1) is 14.9. The van der Waals surface area contributed by atoms with Crippen LogP contribution in [0.1, 0.15) is 15.9 Å². The Balaban J connectivity index is 1.61. The van der Waals surface area contributed by atoms with E-state index in [-0.39, 0.29) is 12.5 Å². The highest BCUT2D eigenvalue weighted by Crippen LogP contribution is 2.24. The molecule has 0 aliphatic carbocycles. The third-order valence-corrected chi connectivity index (χ3v) is 5.08. The molecule has 2 heterocycles. The van der Waals surface area contributed by atoms with Crippen molar-refractivity contribution in [2.45, 2.75) is 6.54 Å². The van der Waals surface area contributed by atoms with Gasteiger partial charge in [0.1, 0.15) is 0 Å². The molecule has 1 amide bonds. The van der Waals surface area contributed by atoms with Crippen LogP contribution in [0.5, 0.6) is 0 Å². The van der Waals surface area contributed by atoms with Gasteiger partial charge < -0.3 is 5.32 Å². The lowest BCUT2D eigenvalue weighted by Gasteiger charge is -2.11. The lowest BCUT2D eigenvalue weighted by Crippen LogP contribution is -2.24. The van der Waals surface area contributed by atoms with E-state index in [2.05, 4.69) is 20.0 Å². The van der Waals surface area contributed by atoms with E-state index < -0.39 is 10.2 Å². The Morgan fingerprint density at radius 1 is 1.00 bits per heavy atom. The first kappa shape index (κ1) is 20.5. The molecule has 0 fully saturated rings. The molecule has 0 aliphatic heterocycles. The van der Waals surface area contributed by atoms with Crippen molar-refractivity contribution in [1.29, 1.82) is 0 Å². The number of hydrogen-bond acceptors (Lipinski definition) is 5. The molecule has 4 rings (SSSR count). The van der Waals surface area contributed by atoms with Crippen LogP contribution in [0.15, 0.2) is 79.1 Å². The van der Waals surface area contributed by atoms with Gasteiger partial charge in [-0.15, -0.1) is 0 Å². The molecule has 2 aromatic heterocycles. The number of fused-ring (bicyclic) bond motifs is 1. The first-order valence-corrected chi connectivity index (χ1v) is 10.9. The maximum Gasteiger partial charge on any atom is 0.296 e. The van der Waals surface area contributed by atoms with Gasteiger partial charge in [0.2, 0.25) is 0 Å². The van der Waals surface area contributed by atoms with Crippen LogP contribution in [-0.4, -0.2) is 24.3 Å². The van der Waals surface area contributed by atoms with Gasteiger partial charge in [-0.25, -0.2) is 10.1 Å². The van der Waals surface area contributed by atoms with E-state index >= 15 is 0 Å². The topological polar surface area (TPSA) is 127 Å². The van der Waals surface area contributed by atoms with Crippen molar-refractivity contribution in [3.05, 3.63) is 90.3 Å². The number of benzene rings is 2. The van der Waals surface area contributed by atoms with E-state index in [4.69, 9.17) is 5.14 Å². The average molecular weight is 433 g/mol. The predicted octanol–water partition coefficient (Wildman–Crippen LogP) is 2.84. The summed E-state index contributed by atoms with van der Waals surface area (Å²) in [5.41, 5.74) is 3.69. The highest BCUT2D eigenvalue weighted by molar-refractivity contribution is 7.90. The lowest BCUT2D eigenvalue weighted by molar-refractivity contribution is 0.0952. The molecule has 0 bridgehead atoms. The molecule has 9 heteroatoms. The highest BCUT2D eigenvalue weighted by Gasteiger charge is 2.14. The predicted molar refractivity (Wildman–Crippen MR) is 119 cm³/mol. The summed E-state index contributed by atoms with van der Waals surface area (Å²) in [5, 5.41) is 8.63. The molecule has 2 aromatic carbocycles. The van der Waals surface area contributed by atoms with Gasteiger partial charge in [0.05, 0.1) is 22.5 Å². The Morgan fingerprint density at radius 3 is 2.61 bits per heavy atom. The number of carbonyl (C=O) groups is 1. The Hall–Kier alpha value is -3.82. The van der Waals surface area contributed by atoms with Crippen molar-refractivity contribution in [3.8, 4) is 11.3 Å². The van der Waals surface area contributed by atoms with Crippen molar-refractivity contribution in [1.82, 2.24) is 15.3 Å². The molecule has 0 atom stereocenters. The third kappa shape index (κ3) is 5.03. The number of pyridine rings is 2. The second kappa shape index (κ2) is 8.50. The molecule has 0 saturated heterocycles. The Morgan fingerprint density at radius 2 is 1.84 bits per heavy atom. The standard InChI is InChI=1S/C22H19N5O3S/c23-31(29,30)27-17-7-3-5-15(11-17)13-25-22(28)19-12-21(16-6-4-10-24-14-16)26-20-9-2-1-8-18(19)20/h1-12,14,27H,13H2,(H,25,28)(H2,23,29,30). The average Bonchev–Trinajstić information content (AvgIpc) is 2.76. The molecule has 31 heavy (non-hydrogen) atoms. The quantitative estimate of drug-likeness (QED) is 0.431. The third-order valence-electron chi connectivity index (χ3n) is 4.56. The molecule has 4 N–H and O–H groups in total. The van der Waals surface area contributed by atoms with Gasteiger partial charge in [-0.3, -0.25) is 14.5 Å². The smallest absolute Gasteiger partial charge is 0.296 e. The van der Waals surface area contributed by atoms with Gasteiger partial charge in [-0.2, -0.15) is 8.42 Å². The van der Waals surface area contributed by atoms with E-state index in [1.807, 2.05) is 36.4 Å². The summed E-state index contributed by atoms with van der Waals surface area (Å²) in [6, 6.07) is 19.5. The van der Waals surface area contributed by atoms with Crippen LogP contribution in [-0.2, 0) is 16.8 Å². The minimum atomic E-state index is -3.87. The number of anilines is 1. The van der Waals surface area contributed by atoms with Crippen molar-refractivity contribution < 1.29 is 13.2 Å². The molecule has 0 unspecified atom stereocenters. The molecule has 0 saturated carbocycles. The van der Waals surface area contributed by atoms with E-state index in [1.54, 1.807) is 42.7 Å². The number of nitrogens with one attached hydrogen (secondary N) is 2. The Bertz CT molecular complexity index is 1360. The van der Waals surface area contributed by atoms with Gasteiger partial charge in [-0.05, 0) is 42.0 Å². The molecule has 156 valence electrons. The Kier molecular flexibility index (Phi) is 5.61. The molecule has 0 spiro atoms. The monoisotopic (exact) mass is 433 g/mol. The molecular formula is C22H19N5O3S. The van der Waals surface area contributed by atoms with Crippen LogP contribution in [0, 0.1) is 0 Å². The highest BCUT2D eigenvalue weighted by atomic mass is 32.2. The summed E-state index contributed by atoms with van der Waals surface area (Å²) in [4.78, 5) is 21.8. The van der Waals surface area contributed by atoms with Gasteiger partial charge in [0.25, 0.3) is 16.1 Å². The van der Waals surface area contributed by atoms with Gasteiger partial charge >= 0.3 is 0 Å². The van der Waals surface area contributed by atoms with Crippen molar-refractivity contribution >= 4 is 32.7 Å². The Labute approximate surface area is 179 Å². The number of aromatic nitrogens is 2. The lowest BCUT2D eigenvalue weighted by atomic mass is 10.0. The zero-order chi connectivity index (χ0) is 21.8. The fraction of sp³-hybridized carbons (Fsp3) is 0.0455. The normalized spacial score (nSPS) is 11.3. The number of hydrogen-bond donors (Lipinski definition) is 3. The first-order valence-electron chi connectivity index (χ1n) is 9.37. The molecule has 0 radical (unpaired) electrons. The second-order valence-corrected chi connectivity index (χ2v) is 8.14. The molecular weight excluding hydrogens is 414 g/mol. The van der Waals surface area contributed by atoms with E-state index in [9.17, 15) is 13.2 Å². The van der Waals surface area contributed by atoms with Crippen molar-refractivity contribution in [2.24, 2.45) is 5.14 Å². The molecule has 8 nitrogen and oxygen atoms in total. The summed E-state index contributed by atoms with van der Waals surface area (Å²) >= 11 is 0. The summed E-state index contributed by atoms with van der Waals surface area (Å²) in [5.74, 6) is -0.270. The maximum atomic E-state index is 13.0. The van der Waals surface area contributed by atoms with E-state index in [0.717, 1.165) is 10.9 Å². The maximum absolute atomic E-state index is 13.0. The number of nitrogens with two attached hydrogens (primary N) is 1. The van der Waals surface area contributed by atoms with Gasteiger partial charge in [-0.1, -0.05) is 30.3 Å². The van der Waals surface area contributed by atoms with Gasteiger partial charge in [0, 0.05) is 29.9 Å². The zero-order valence-corrected chi connectivity index (χ0v) is 17.1. The van der Waals surface area contributed by atoms with Crippen LogP contribution >= 0.6 is 0 Å². The molecule has 4 aromatic rings. The number of rotatable bonds is 6. The van der Waals surface area contributed by atoms with Gasteiger partial charge in [0.15, 0.2) is 0 Å². The van der Waals surface area contributed by atoms with Crippen LogP contribution in [0.25, 0.3) is 22.2 Å². The van der Waals surface area contributed by atoms with Crippen LogP contribution in [0.3, 0.4) is 0 Å². The van der Waals surface area contributed by atoms with Crippen LogP contribution in [0.2, 0.25) is 0 Å². The fourth-order valence-electron chi connectivity index (χ4n) is 3.21. The van der Waals surface area contributed by atoms with Crippen molar-refractivity contribution in [3.63, 3.8) is 0 Å². The van der Waals surface area contributed by atoms with Crippen LogP contribution in [0.4, 0.5) is 5.69 Å². The number of para-hydroxylation sites is 1. The minimum Gasteiger partial charge on any atom is -0.348 e. The van der Waals surface area contributed by atoms with E-state index in [1.165, 1.54) is 0 Å². The van der Waals surface area contributed by atoms with E-state index in [0.29, 0.717) is 28.0 Å². The fourth-order valence-corrected chi connectivity index (χ4v) is 3.67. The minimum absolute atomic E-state index is 0.206. The second-order valence-electron chi connectivity index (χ2n) is 6.84. The summed E-state index contributed by atoms with van der Waals surface area (Å²) in [6.07, 6.45) is 3.37. The zero-order valence-electron chi connectivity index (χ0n) is 16.3. The summed E-state index contributed by atoms with van der Waals surface area (Å²) in [7, 11) is -3.87. The number of amides is 1.